The van der Waals surface area contributed by atoms with E-state index in [9.17, 15) is 9.90 Å². The number of aliphatic hydroxyl groups excluding tert-OH is 1. The van der Waals surface area contributed by atoms with Gasteiger partial charge in [-0.05, 0) is 43.7 Å². The first-order chi connectivity index (χ1) is 11.5. The molecule has 1 amide bonds. The van der Waals surface area contributed by atoms with E-state index in [1.807, 2.05) is 38.1 Å². The number of carbonyl (C=O) groups is 1. The normalized spacial score (nSPS) is 16.0. The first-order valence-corrected chi connectivity index (χ1v) is 7.90. The molecule has 0 saturated heterocycles. The predicted octanol–water partition coefficient (Wildman–Crippen LogP) is 2.24. The topological polar surface area (TPSA) is 82.1 Å². The number of pyridine rings is 1. The fourth-order valence-electron chi connectivity index (χ4n) is 3.29. The zero-order valence-electron chi connectivity index (χ0n) is 13.6. The number of amides is 1. The van der Waals surface area contributed by atoms with Crippen molar-refractivity contribution in [2.45, 2.75) is 19.3 Å². The van der Waals surface area contributed by atoms with E-state index in [-0.39, 0.29) is 12.5 Å². The number of β-amino-alcohol motifs (C(OH)–C–C–N with tert-alkyl or cyclic N) is 1. The average molecular weight is 322 g/mol. The lowest BCUT2D eigenvalue weighted by Crippen LogP contribution is -2.37. The smallest absolute Gasteiger partial charge is 0.237 e. The van der Waals surface area contributed by atoms with Crippen LogP contribution in [0, 0.1) is 0 Å². The van der Waals surface area contributed by atoms with E-state index in [1.54, 1.807) is 17.3 Å². The van der Waals surface area contributed by atoms with Crippen molar-refractivity contribution in [1.82, 2.24) is 15.0 Å². The first-order valence-electron chi connectivity index (χ1n) is 7.90. The summed E-state index contributed by atoms with van der Waals surface area (Å²) in [5.41, 5.74) is 3.76. The number of aromatic nitrogens is 3. The van der Waals surface area contributed by atoms with E-state index in [1.165, 1.54) is 0 Å². The number of fused-ring (bicyclic) bond motifs is 2. The van der Waals surface area contributed by atoms with Crippen molar-refractivity contribution in [2.24, 2.45) is 0 Å². The fraction of sp³-hybridized carbons (Fsp3) is 0.278. The summed E-state index contributed by atoms with van der Waals surface area (Å²) < 4.78 is 0. The van der Waals surface area contributed by atoms with E-state index in [0.29, 0.717) is 6.54 Å². The van der Waals surface area contributed by atoms with Crippen LogP contribution in [-0.4, -0.2) is 39.1 Å². The maximum Gasteiger partial charge on any atom is 0.237 e. The van der Waals surface area contributed by atoms with Crippen LogP contribution in [0.25, 0.3) is 22.4 Å². The van der Waals surface area contributed by atoms with Crippen LogP contribution in [0.3, 0.4) is 0 Å². The molecule has 0 aliphatic carbocycles. The third-order valence-corrected chi connectivity index (χ3v) is 4.60. The maximum absolute atomic E-state index is 12.6. The van der Waals surface area contributed by atoms with Gasteiger partial charge in [-0.2, -0.15) is 0 Å². The number of nitrogens with one attached hydrogen (secondary N) is 1. The number of rotatable bonds is 3. The van der Waals surface area contributed by atoms with Gasteiger partial charge in [-0.3, -0.25) is 9.78 Å². The highest BCUT2D eigenvalue weighted by Crippen LogP contribution is 2.43. The molecule has 1 aromatic carbocycles. The van der Waals surface area contributed by atoms with E-state index in [0.717, 1.165) is 33.7 Å². The van der Waals surface area contributed by atoms with Crippen molar-refractivity contribution < 1.29 is 9.90 Å². The minimum Gasteiger partial charge on any atom is -0.395 e. The summed E-state index contributed by atoms with van der Waals surface area (Å²) in [4.78, 5) is 26.4. The SMILES string of the molecule is CC1(C)C(=O)N(CCO)c2cc3nc(-c4cccnc4)[nH]c3cc21. The molecule has 6 heteroatoms. The monoisotopic (exact) mass is 322 g/mol. The molecule has 0 fully saturated rings. The maximum atomic E-state index is 12.6. The quantitative estimate of drug-likeness (QED) is 0.775. The highest BCUT2D eigenvalue weighted by atomic mass is 16.3. The Balaban J connectivity index is 1.89. The standard InChI is InChI=1S/C18H18N4O2/c1-18(2)12-8-13-14(9-15(12)22(6-7-23)17(18)24)21-16(20-13)11-4-3-5-19-10-11/h3-5,8-10,23H,6-7H2,1-2H3,(H,20,21). The van der Waals surface area contributed by atoms with Crippen LogP contribution in [0.4, 0.5) is 5.69 Å². The van der Waals surface area contributed by atoms with Gasteiger partial charge in [0.25, 0.3) is 0 Å². The van der Waals surface area contributed by atoms with Gasteiger partial charge >= 0.3 is 0 Å². The van der Waals surface area contributed by atoms with E-state index in [2.05, 4.69) is 15.0 Å². The van der Waals surface area contributed by atoms with Crippen LogP contribution < -0.4 is 4.90 Å². The molecule has 2 N–H and O–H groups in total. The lowest BCUT2D eigenvalue weighted by atomic mass is 9.86. The Labute approximate surface area is 139 Å². The summed E-state index contributed by atoms with van der Waals surface area (Å²) in [5.74, 6) is 0.756. The second-order valence-electron chi connectivity index (χ2n) is 6.52. The second-order valence-corrected chi connectivity index (χ2v) is 6.52. The molecule has 0 unspecified atom stereocenters. The molecule has 4 rings (SSSR count). The van der Waals surface area contributed by atoms with Gasteiger partial charge in [0.1, 0.15) is 5.82 Å². The van der Waals surface area contributed by atoms with Gasteiger partial charge < -0.3 is 15.0 Å². The Morgan fingerprint density at radius 1 is 1.33 bits per heavy atom. The third-order valence-electron chi connectivity index (χ3n) is 4.60. The van der Waals surface area contributed by atoms with Gasteiger partial charge in [-0.1, -0.05) is 0 Å². The summed E-state index contributed by atoms with van der Waals surface area (Å²) in [7, 11) is 0. The van der Waals surface area contributed by atoms with Crippen LogP contribution in [0.5, 0.6) is 0 Å². The number of H-pyrrole nitrogens is 1. The van der Waals surface area contributed by atoms with Crippen LogP contribution in [0.2, 0.25) is 0 Å². The minimum atomic E-state index is -0.613. The summed E-state index contributed by atoms with van der Waals surface area (Å²) in [6.07, 6.45) is 3.48. The van der Waals surface area contributed by atoms with Crippen molar-refractivity contribution >= 4 is 22.6 Å². The Kier molecular flexibility index (Phi) is 3.18. The highest BCUT2D eigenvalue weighted by molar-refractivity contribution is 6.09. The third kappa shape index (κ3) is 2.03. The largest absolute Gasteiger partial charge is 0.395 e. The second kappa shape index (κ2) is 5.14. The van der Waals surface area contributed by atoms with Crippen LogP contribution >= 0.6 is 0 Å². The molecule has 0 atom stereocenters. The van der Waals surface area contributed by atoms with Crippen molar-refractivity contribution in [3.8, 4) is 11.4 Å². The van der Waals surface area contributed by atoms with Gasteiger partial charge in [0.2, 0.25) is 5.91 Å². The molecular formula is C18H18N4O2. The molecule has 122 valence electrons. The number of aliphatic hydroxyl groups is 1. The Morgan fingerprint density at radius 3 is 2.88 bits per heavy atom. The minimum absolute atomic E-state index is 0.00619. The Morgan fingerprint density at radius 2 is 2.17 bits per heavy atom. The van der Waals surface area contributed by atoms with Crippen molar-refractivity contribution in [3.63, 3.8) is 0 Å². The van der Waals surface area contributed by atoms with Crippen molar-refractivity contribution in [2.75, 3.05) is 18.1 Å². The van der Waals surface area contributed by atoms with Gasteiger partial charge in [0.05, 0.1) is 28.7 Å². The molecule has 6 nitrogen and oxygen atoms in total. The average Bonchev–Trinajstić information content (AvgIpc) is 3.08. The highest BCUT2D eigenvalue weighted by Gasteiger charge is 2.44. The van der Waals surface area contributed by atoms with Crippen LogP contribution in [-0.2, 0) is 10.2 Å². The Bertz CT molecular complexity index is 931. The van der Waals surface area contributed by atoms with Gasteiger partial charge in [-0.15, -0.1) is 0 Å². The molecule has 0 saturated carbocycles. The molecule has 3 aromatic rings. The molecule has 1 aliphatic rings. The van der Waals surface area contributed by atoms with Crippen LogP contribution in [0.15, 0.2) is 36.7 Å². The van der Waals surface area contributed by atoms with E-state index < -0.39 is 5.41 Å². The van der Waals surface area contributed by atoms with Gasteiger partial charge in [0, 0.05) is 24.5 Å². The number of hydrogen-bond donors (Lipinski definition) is 2. The number of anilines is 1. The lowest BCUT2D eigenvalue weighted by molar-refractivity contribution is -0.122. The zero-order chi connectivity index (χ0) is 16.9. The van der Waals surface area contributed by atoms with Crippen molar-refractivity contribution in [1.29, 1.82) is 0 Å². The number of carbonyl (C=O) groups excluding carboxylic acids is 1. The molecule has 2 aromatic heterocycles. The Hall–Kier alpha value is -2.73. The molecule has 0 radical (unpaired) electrons. The molecular weight excluding hydrogens is 304 g/mol. The molecule has 1 aliphatic heterocycles. The molecule has 3 heterocycles. The number of hydrogen-bond acceptors (Lipinski definition) is 4. The summed E-state index contributed by atoms with van der Waals surface area (Å²) in [6.45, 7) is 4.05. The zero-order valence-corrected chi connectivity index (χ0v) is 13.6. The summed E-state index contributed by atoms with van der Waals surface area (Å²) in [6, 6.07) is 7.73. The molecule has 0 bridgehead atoms. The fourth-order valence-corrected chi connectivity index (χ4v) is 3.29. The van der Waals surface area contributed by atoms with E-state index >= 15 is 0 Å². The van der Waals surface area contributed by atoms with E-state index in [4.69, 9.17) is 0 Å². The molecule has 0 spiro atoms. The number of imidazole rings is 1. The first kappa shape index (κ1) is 14.8. The summed E-state index contributed by atoms with van der Waals surface area (Å²) >= 11 is 0. The van der Waals surface area contributed by atoms with Gasteiger partial charge in [0.15, 0.2) is 0 Å². The van der Waals surface area contributed by atoms with Crippen molar-refractivity contribution in [3.05, 3.63) is 42.2 Å². The lowest BCUT2D eigenvalue weighted by Gasteiger charge is -2.19. The number of nitrogens with zero attached hydrogens (tertiary/aromatic N) is 3. The molecule has 24 heavy (non-hydrogen) atoms. The van der Waals surface area contributed by atoms with Crippen LogP contribution in [0.1, 0.15) is 19.4 Å². The predicted molar refractivity (Wildman–Crippen MR) is 91.8 cm³/mol. The number of benzene rings is 1. The summed E-state index contributed by atoms with van der Waals surface area (Å²) in [5, 5.41) is 9.28. The number of aromatic amines is 1. The van der Waals surface area contributed by atoms with Gasteiger partial charge in [-0.25, -0.2) is 4.98 Å².